The van der Waals surface area contributed by atoms with Crippen LogP contribution in [0.1, 0.15) is 23.7 Å². The van der Waals surface area contributed by atoms with Gasteiger partial charge in [0.25, 0.3) is 5.91 Å². The average Bonchev–Trinajstić information content (AvgIpc) is 3.43. The number of nitrogens with one attached hydrogen (secondary N) is 1. The lowest BCUT2D eigenvalue weighted by atomic mass is 10.1. The smallest absolute Gasteiger partial charge is 0.258 e. The highest BCUT2D eigenvalue weighted by Gasteiger charge is 2.20. The van der Waals surface area contributed by atoms with Gasteiger partial charge in [0.15, 0.2) is 5.13 Å². The molecule has 0 atom stereocenters. The van der Waals surface area contributed by atoms with Gasteiger partial charge in [0.1, 0.15) is 4.88 Å². The van der Waals surface area contributed by atoms with Crippen LogP contribution in [0, 0.1) is 0 Å². The number of nitrogens with zero attached hydrogens (tertiary/aromatic N) is 5. The zero-order valence-corrected chi connectivity index (χ0v) is 16.1. The highest BCUT2D eigenvalue weighted by Crippen LogP contribution is 2.37. The third-order valence-corrected chi connectivity index (χ3v) is 5.41. The topological polar surface area (TPSA) is 85.6 Å². The van der Waals surface area contributed by atoms with Crippen LogP contribution in [-0.4, -0.2) is 31.1 Å². The molecule has 1 aromatic carbocycles. The Hall–Kier alpha value is -2.91. The van der Waals surface area contributed by atoms with Gasteiger partial charge in [-0.3, -0.25) is 10.1 Å². The van der Waals surface area contributed by atoms with Crippen molar-refractivity contribution < 1.29 is 4.79 Å². The number of thiazole rings is 1. The standard InChI is InChI=1S/C18H16N6OS2/c1-2-9-24-22-16(21-23-24)15-14(12-6-4-3-5-7-12)19-18(27-15)20-17(25)13-8-10-26-11-13/h3-8,10-11H,2,9H2,1H3,(H,19,20,25). The van der Waals surface area contributed by atoms with Crippen molar-refractivity contribution in [3.8, 4) is 22.0 Å². The molecule has 3 aromatic heterocycles. The Morgan fingerprint density at radius 3 is 2.81 bits per heavy atom. The van der Waals surface area contributed by atoms with E-state index in [9.17, 15) is 4.79 Å². The second kappa shape index (κ2) is 7.77. The first-order valence-electron chi connectivity index (χ1n) is 8.42. The molecule has 0 saturated heterocycles. The summed E-state index contributed by atoms with van der Waals surface area (Å²) in [6.07, 6.45) is 0.923. The lowest BCUT2D eigenvalue weighted by Crippen LogP contribution is -2.10. The van der Waals surface area contributed by atoms with E-state index < -0.39 is 0 Å². The average molecular weight is 397 g/mol. The highest BCUT2D eigenvalue weighted by atomic mass is 32.1. The van der Waals surface area contributed by atoms with E-state index >= 15 is 0 Å². The molecular weight excluding hydrogens is 380 g/mol. The predicted molar refractivity (Wildman–Crippen MR) is 107 cm³/mol. The molecular formula is C18H16N6OS2. The molecule has 9 heteroatoms. The monoisotopic (exact) mass is 396 g/mol. The summed E-state index contributed by atoms with van der Waals surface area (Å²) < 4.78 is 0. The van der Waals surface area contributed by atoms with Crippen molar-refractivity contribution in [3.63, 3.8) is 0 Å². The van der Waals surface area contributed by atoms with Crippen molar-refractivity contribution in [2.75, 3.05) is 5.32 Å². The normalized spacial score (nSPS) is 10.9. The minimum absolute atomic E-state index is 0.182. The quantitative estimate of drug-likeness (QED) is 0.528. The minimum Gasteiger partial charge on any atom is -0.298 e. The Morgan fingerprint density at radius 1 is 1.22 bits per heavy atom. The second-order valence-electron chi connectivity index (χ2n) is 5.74. The molecule has 0 unspecified atom stereocenters. The van der Waals surface area contributed by atoms with E-state index in [2.05, 4.69) is 32.6 Å². The fourth-order valence-corrected chi connectivity index (χ4v) is 4.05. The number of carbonyl (C=O) groups is 1. The molecule has 0 radical (unpaired) electrons. The predicted octanol–water partition coefficient (Wildman–Crippen LogP) is 4.19. The maximum atomic E-state index is 12.4. The van der Waals surface area contributed by atoms with Crippen molar-refractivity contribution in [2.45, 2.75) is 19.9 Å². The third-order valence-electron chi connectivity index (χ3n) is 3.76. The number of rotatable bonds is 6. The molecule has 0 spiro atoms. The number of hydrogen-bond donors (Lipinski definition) is 1. The first kappa shape index (κ1) is 17.5. The molecule has 27 heavy (non-hydrogen) atoms. The molecule has 136 valence electrons. The number of aromatic nitrogens is 5. The van der Waals surface area contributed by atoms with Crippen molar-refractivity contribution in [2.24, 2.45) is 0 Å². The van der Waals surface area contributed by atoms with Gasteiger partial charge < -0.3 is 0 Å². The molecule has 0 aliphatic carbocycles. The summed E-state index contributed by atoms with van der Waals surface area (Å²) in [6.45, 7) is 2.76. The summed E-state index contributed by atoms with van der Waals surface area (Å²) in [6, 6.07) is 11.6. The summed E-state index contributed by atoms with van der Waals surface area (Å²) >= 11 is 2.83. The molecule has 0 fully saturated rings. The van der Waals surface area contributed by atoms with Crippen LogP contribution in [0.3, 0.4) is 0 Å². The van der Waals surface area contributed by atoms with Crippen LogP contribution in [0.4, 0.5) is 5.13 Å². The van der Waals surface area contributed by atoms with Crippen molar-refractivity contribution in [1.29, 1.82) is 0 Å². The van der Waals surface area contributed by atoms with Crippen LogP contribution in [0.15, 0.2) is 47.2 Å². The van der Waals surface area contributed by atoms with Gasteiger partial charge in [-0.1, -0.05) is 48.6 Å². The lowest BCUT2D eigenvalue weighted by Gasteiger charge is -1.99. The molecule has 1 amide bonds. The van der Waals surface area contributed by atoms with Crippen LogP contribution >= 0.6 is 22.7 Å². The van der Waals surface area contributed by atoms with Crippen LogP contribution in [0.5, 0.6) is 0 Å². The van der Waals surface area contributed by atoms with Gasteiger partial charge in [-0.2, -0.15) is 16.1 Å². The molecule has 0 aliphatic rings. The van der Waals surface area contributed by atoms with Gasteiger partial charge in [-0.15, -0.1) is 10.2 Å². The van der Waals surface area contributed by atoms with Crippen LogP contribution in [0.25, 0.3) is 22.0 Å². The second-order valence-corrected chi connectivity index (χ2v) is 7.52. The number of aryl methyl sites for hydroxylation is 1. The van der Waals surface area contributed by atoms with Crippen molar-refractivity contribution >= 4 is 33.7 Å². The van der Waals surface area contributed by atoms with E-state index in [0.29, 0.717) is 23.1 Å². The summed E-state index contributed by atoms with van der Waals surface area (Å²) in [5, 5.41) is 19.8. The number of hydrogen-bond acceptors (Lipinski definition) is 7. The number of thiophene rings is 1. The summed E-state index contributed by atoms with van der Waals surface area (Å²) in [4.78, 5) is 19.4. The van der Waals surface area contributed by atoms with Gasteiger partial charge >= 0.3 is 0 Å². The largest absolute Gasteiger partial charge is 0.298 e. The molecule has 0 bridgehead atoms. The number of amides is 1. The van der Waals surface area contributed by atoms with E-state index in [4.69, 9.17) is 0 Å². The molecule has 4 rings (SSSR count). The first-order chi connectivity index (χ1) is 13.2. The maximum Gasteiger partial charge on any atom is 0.258 e. The molecule has 4 aromatic rings. The highest BCUT2D eigenvalue weighted by molar-refractivity contribution is 7.19. The van der Waals surface area contributed by atoms with Gasteiger partial charge in [-0.05, 0) is 23.1 Å². The van der Waals surface area contributed by atoms with Crippen LogP contribution < -0.4 is 5.32 Å². The number of benzene rings is 1. The van der Waals surface area contributed by atoms with Crippen LogP contribution in [-0.2, 0) is 6.54 Å². The molecule has 3 heterocycles. The van der Waals surface area contributed by atoms with Crippen LogP contribution in [0.2, 0.25) is 0 Å². The van der Waals surface area contributed by atoms with Gasteiger partial charge in [0, 0.05) is 10.9 Å². The van der Waals surface area contributed by atoms with E-state index in [1.807, 2.05) is 35.7 Å². The number of tetrazole rings is 1. The van der Waals surface area contributed by atoms with Gasteiger partial charge in [0.2, 0.25) is 5.82 Å². The minimum atomic E-state index is -0.182. The molecule has 0 saturated carbocycles. The number of carbonyl (C=O) groups excluding carboxylic acids is 1. The number of anilines is 1. The zero-order valence-electron chi connectivity index (χ0n) is 14.5. The Balaban J connectivity index is 1.71. The lowest BCUT2D eigenvalue weighted by molar-refractivity contribution is 0.102. The SMILES string of the molecule is CCCn1nnc(-c2sc(NC(=O)c3ccsc3)nc2-c2ccccc2)n1. The van der Waals surface area contributed by atoms with Crippen molar-refractivity contribution in [1.82, 2.24) is 25.2 Å². The Bertz CT molecular complexity index is 1040. The first-order valence-corrected chi connectivity index (χ1v) is 10.2. The van der Waals surface area contributed by atoms with E-state index in [1.165, 1.54) is 22.7 Å². The fraction of sp³-hybridized carbons (Fsp3) is 0.167. The maximum absolute atomic E-state index is 12.4. The van der Waals surface area contributed by atoms with E-state index in [1.54, 1.807) is 16.2 Å². The van der Waals surface area contributed by atoms with Gasteiger partial charge in [0.05, 0.1) is 17.8 Å². The molecule has 0 aliphatic heterocycles. The molecule has 1 N–H and O–H groups in total. The third kappa shape index (κ3) is 3.79. The summed E-state index contributed by atoms with van der Waals surface area (Å²) in [5.41, 5.74) is 2.29. The van der Waals surface area contributed by atoms with E-state index in [-0.39, 0.29) is 5.91 Å². The Kier molecular flexibility index (Phi) is 5.03. The summed E-state index contributed by atoms with van der Waals surface area (Å²) in [7, 11) is 0. The van der Waals surface area contributed by atoms with Crippen molar-refractivity contribution in [3.05, 3.63) is 52.7 Å². The van der Waals surface area contributed by atoms with E-state index in [0.717, 1.165) is 22.6 Å². The molecule has 7 nitrogen and oxygen atoms in total. The Labute approximate surface area is 163 Å². The zero-order chi connectivity index (χ0) is 18.6. The fourth-order valence-electron chi connectivity index (χ4n) is 2.51. The summed E-state index contributed by atoms with van der Waals surface area (Å²) in [5.74, 6) is 0.328. The Morgan fingerprint density at radius 2 is 2.07 bits per heavy atom. The van der Waals surface area contributed by atoms with Gasteiger partial charge in [-0.25, -0.2) is 4.98 Å².